The number of ether oxygens (including phenoxy) is 2. The van der Waals surface area contributed by atoms with Gasteiger partial charge in [0, 0.05) is 11.8 Å². The summed E-state index contributed by atoms with van der Waals surface area (Å²) >= 11 is 0. The van der Waals surface area contributed by atoms with Crippen molar-refractivity contribution < 1.29 is 31.9 Å². The van der Waals surface area contributed by atoms with Gasteiger partial charge in [-0.2, -0.15) is 5.10 Å². The molecule has 2 aromatic carbocycles. The highest BCUT2D eigenvalue weighted by molar-refractivity contribution is 7.90. The van der Waals surface area contributed by atoms with Gasteiger partial charge in [0.25, 0.3) is 0 Å². The lowest BCUT2D eigenvalue weighted by molar-refractivity contribution is 0.0549. The molecule has 0 unspecified atom stereocenters. The van der Waals surface area contributed by atoms with Crippen molar-refractivity contribution in [3.63, 3.8) is 0 Å². The first-order valence-electron chi connectivity index (χ1n) is 8.54. The van der Waals surface area contributed by atoms with Gasteiger partial charge >= 0.3 is 11.9 Å². The van der Waals surface area contributed by atoms with Crippen LogP contribution >= 0.6 is 0 Å². The van der Waals surface area contributed by atoms with E-state index in [1.54, 1.807) is 30.3 Å². The van der Waals surface area contributed by atoms with Crippen LogP contribution in [0.25, 0.3) is 16.9 Å². The van der Waals surface area contributed by atoms with E-state index in [2.05, 4.69) is 5.10 Å². The van der Waals surface area contributed by atoms with Crippen molar-refractivity contribution >= 4 is 21.8 Å². The summed E-state index contributed by atoms with van der Waals surface area (Å²) in [6, 6.07) is 11.6. The monoisotopic (exact) mass is 432 g/mol. The van der Waals surface area contributed by atoms with Gasteiger partial charge in [-0.25, -0.2) is 27.1 Å². The third-order valence-electron chi connectivity index (χ3n) is 4.28. The summed E-state index contributed by atoms with van der Waals surface area (Å²) in [5, 5.41) is 4.27. The van der Waals surface area contributed by atoms with Gasteiger partial charge in [-0.3, -0.25) is 0 Å². The molecule has 0 spiro atoms. The Morgan fingerprint density at radius 3 is 2.17 bits per heavy atom. The fraction of sp³-hybridized carbons (Fsp3) is 0.150. The number of carbonyl (C=O) groups is 2. The second-order valence-electron chi connectivity index (χ2n) is 6.22. The highest BCUT2D eigenvalue weighted by atomic mass is 32.2. The molecule has 0 aliphatic rings. The molecule has 156 valence electrons. The van der Waals surface area contributed by atoms with Crippen LogP contribution in [0, 0.1) is 5.82 Å². The number of methoxy groups -OCH3 is 2. The molecule has 0 aliphatic heterocycles. The number of rotatable bonds is 5. The standard InChI is InChI=1S/C20H17FN2O6S/c1-28-19(24)16-17(14-10-9-13(11-15(14)21)30(3,26)27)22-23(18(16)20(25)29-2)12-7-5-4-6-8-12/h4-11H,1-3H3. The Balaban J connectivity index is 2.36. The molecule has 3 rings (SSSR count). The first kappa shape index (κ1) is 21.2. The van der Waals surface area contributed by atoms with Gasteiger partial charge < -0.3 is 9.47 Å². The van der Waals surface area contributed by atoms with Crippen LogP contribution in [0.15, 0.2) is 53.4 Å². The molecule has 0 fully saturated rings. The number of aromatic nitrogens is 2. The minimum Gasteiger partial charge on any atom is -0.465 e. The first-order valence-corrected chi connectivity index (χ1v) is 10.4. The SMILES string of the molecule is COC(=O)c1c(-c2ccc(S(C)(=O)=O)cc2F)nn(-c2ccccc2)c1C(=O)OC. The number of halogens is 1. The number of carbonyl (C=O) groups excluding carboxylic acids is 2. The maximum atomic E-state index is 14.9. The second-order valence-corrected chi connectivity index (χ2v) is 8.23. The predicted molar refractivity (Wildman–Crippen MR) is 105 cm³/mol. The molecule has 10 heteroatoms. The maximum absolute atomic E-state index is 14.9. The Bertz CT molecular complexity index is 1240. The fourth-order valence-corrected chi connectivity index (χ4v) is 3.49. The van der Waals surface area contributed by atoms with Crippen LogP contribution in [0.2, 0.25) is 0 Å². The molecule has 1 aromatic heterocycles. The first-order chi connectivity index (χ1) is 14.2. The van der Waals surface area contributed by atoms with Gasteiger partial charge in [0.2, 0.25) is 0 Å². The Morgan fingerprint density at radius 2 is 1.63 bits per heavy atom. The van der Waals surface area contributed by atoms with Crippen molar-refractivity contribution in [3.8, 4) is 16.9 Å². The van der Waals surface area contributed by atoms with Gasteiger partial charge in [0.05, 0.1) is 24.8 Å². The summed E-state index contributed by atoms with van der Waals surface area (Å²) < 4.78 is 49.0. The van der Waals surface area contributed by atoms with E-state index < -0.39 is 27.6 Å². The van der Waals surface area contributed by atoms with Crippen LogP contribution in [0.3, 0.4) is 0 Å². The molecule has 0 saturated heterocycles. The molecule has 0 atom stereocenters. The molecule has 8 nitrogen and oxygen atoms in total. The van der Waals surface area contributed by atoms with Crippen molar-refractivity contribution in [3.05, 3.63) is 65.6 Å². The molecule has 0 radical (unpaired) electrons. The van der Waals surface area contributed by atoms with E-state index in [-0.39, 0.29) is 27.4 Å². The van der Waals surface area contributed by atoms with E-state index in [0.29, 0.717) is 5.69 Å². The van der Waals surface area contributed by atoms with Crippen LogP contribution in [0.4, 0.5) is 4.39 Å². The molecular formula is C20H17FN2O6S. The molecule has 0 bridgehead atoms. The normalized spacial score (nSPS) is 11.2. The average molecular weight is 432 g/mol. The van der Waals surface area contributed by atoms with Crippen molar-refractivity contribution in [1.29, 1.82) is 0 Å². The maximum Gasteiger partial charge on any atom is 0.357 e. The number of hydrogen-bond acceptors (Lipinski definition) is 7. The minimum absolute atomic E-state index is 0.178. The quantitative estimate of drug-likeness (QED) is 0.571. The zero-order valence-electron chi connectivity index (χ0n) is 16.2. The van der Waals surface area contributed by atoms with Crippen LogP contribution in [0.5, 0.6) is 0 Å². The topological polar surface area (TPSA) is 105 Å². The largest absolute Gasteiger partial charge is 0.465 e. The van der Waals surface area contributed by atoms with Crippen LogP contribution in [-0.4, -0.2) is 50.6 Å². The number of nitrogens with zero attached hydrogens (tertiary/aromatic N) is 2. The molecular weight excluding hydrogens is 415 g/mol. The fourth-order valence-electron chi connectivity index (χ4n) is 2.86. The summed E-state index contributed by atoms with van der Waals surface area (Å²) in [4.78, 5) is 24.8. The Hall–Kier alpha value is -3.53. The molecule has 0 amide bonds. The van der Waals surface area contributed by atoms with Crippen molar-refractivity contribution in [2.24, 2.45) is 0 Å². The number of sulfone groups is 1. The number of benzene rings is 2. The lowest BCUT2D eigenvalue weighted by Crippen LogP contribution is -2.15. The van der Waals surface area contributed by atoms with Gasteiger partial charge in [0.15, 0.2) is 15.5 Å². The van der Waals surface area contributed by atoms with Gasteiger partial charge in [-0.05, 0) is 30.3 Å². The molecule has 1 heterocycles. The summed E-state index contributed by atoms with van der Waals surface area (Å²) in [5.74, 6) is -2.75. The summed E-state index contributed by atoms with van der Waals surface area (Å²) in [6.07, 6.45) is 0.945. The van der Waals surface area contributed by atoms with Crippen molar-refractivity contribution in [2.45, 2.75) is 4.90 Å². The van der Waals surface area contributed by atoms with E-state index in [0.717, 1.165) is 31.2 Å². The number of esters is 2. The zero-order chi connectivity index (χ0) is 22.1. The molecule has 3 aromatic rings. The van der Waals surface area contributed by atoms with Gasteiger partial charge in [-0.1, -0.05) is 18.2 Å². The summed E-state index contributed by atoms with van der Waals surface area (Å²) in [6.45, 7) is 0. The van der Waals surface area contributed by atoms with Crippen LogP contribution in [-0.2, 0) is 19.3 Å². The minimum atomic E-state index is -3.65. The smallest absolute Gasteiger partial charge is 0.357 e. The number of hydrogen-bond donors (Lipinski definition) is 0. The molecule has 0 aliphatic carbocycles. The van der Waals surface area contributed by atoms with E-state index in [4.69, 9.17) is 9.47 Å². The van der Waals surface area contributed by atoms with Crippen molar-refractivity contribution in [1.82, 2.24) is 9.78 Å². The van der Waals surface area contributed by atoms with Gasteiger partial charge in [-0.15, -0.1) is 0 Å². The Kier molecular flexibility index (Phi) is 5.70. The summed E-state index contributed by atoms with van der Waals surface area (Å²) in [7, 11) is -1.41. The average Bonchev–Trinajstić information content (AvgIpc) is 3.12. The number of para-hydroxylation sites is 1. The highest BCUT2D eigenvalue weighted by Gasteiger charge is 2.32. The summed E-state index contributed by atoms with van der Waals surface area (Å²) in [5.41, 5.74) is -0.509. The molecule has 30 heavy (non-hydrogen) atoms. The van der Waals surface area contributed by atoms with E-state index >= 15 is 0 Å². The predicted octanol–water partition coefficient (Wildman–Crippen LogP) is 2.66. The van der Waals surface area contributed by atoms with E-state index in [1.165, 1.54) is 12.1 Å². The molecule has 0 N–H and O–H groups in total. The highest BCUT2D eigenvalue weighted by Crippen LogP contribution is 2.31. The third kappa shape index (κ3) is 3.81. The lowest BCUT2D eigenvalue weighted by atomic mass is 10.0. The Morgan fingerprint density at radius 1 is 1.00 bits per heavy atom. The second kappa shape index (κ2) is 8.07. The van der Waals surface area contributed by atoms with Crippen LogP contribution < -0.4 is 0 Å². The van der Waals surface area contributed by atoms with Crippen LogP contribution in [0.1, 0.15) is 20.8 Å². The van der Waals surface area contributed by atoms with Gasteiger partial charge in [0.1, 0.15) is 17.1 Å². The zero-order valence-corrected chi connectivity index (χ0v) is 17.1. The van der Waals surface area contributed by atoms with E-state index in [9.17, 15) is 22.4 Å². The van der Waals surface area contributed by atoms with Crippen molar-refractivity contribution in [2.75, 3.05) is 20.5 Å². The third-order valence-corrected chi connectivity index (χ3v) is 5.39. The molecule has 0 saturated carbocycles. The Labute approximate surface area is 171 Å². The lowest BCUT2D eigenvalue weighted by Gasteiger charge is -2.07. The van der Waals surface area contributed by atoms with E-state index in [1.807, 2.05) is 0 Å².